The number of nitrogen functional groups attached to an aromatic ring is 1. The van der Waals surface area contributed by atoms with E-state index >= 15 is 0 Å². The molecule has 0 amide bonds. The Kier molecular flexibility index (Phi) is 6.34. The average Bonchev–Trinajstić information content (AvgIpc) is 3.11. The molecule has 170 valence electrons. The topological polar surface area (TPSA) is 96.5 Å². The zero-order chi connectivity index (χ0) is 22.8. The van der Waals surface area contributed by atoms with E-state index in [2.05, 4.69) is 20.0 Å². The van der Waals surface area contributed by atoms with Gasteiger partial charge in [0.15, 0.2) is 18.2 Å². The molecule has 0 radical (unpaired) electrons. The van der Waals surface area contributed by atoms with E-state index in [1.165, 1.54) is 23.1 Å². The van der Waals surface area contributed by atoms with Crippen LogP contribution in [-0.2, 0) is 12.7 Å². The summed E-state index contributed by atoms with van der Waals surface area (Å²) in [6.45, 7) is -1.54. The van der Waals surface area contributed by atoms with Gasteiger partial charge in [-0.2, -0.15) is 36.3 Å². The lowest BCUT2D eigenvalue weighted by Crippen LogP contribution is -2.25. The fourth-order valence-electron chi connectivity index (χ4n) is 3.09. The molecule has 1 aromatic carbocycles. The third-order valence-corrected chi connectivity index (χ3v) is 4.50. The second-order valence-corrected chi connectivity index (χ2v) is 6.89. The summed E-state index contributed by atoms with van der Waals surface area (Å²) in [5.41, 5.74) is 4.97. The highest BCUT2D eigenvalue weighted by atomic mass is 19.4. The maximum atomic E-state index is 13.2. The van der Waals surface area contributed by atoms with Crippen LogP contribution in [0.15, 0.2) is 24.3 Å². The highest BCUT2D eigenvalue weighted by Crippen LogP contribution is 2.34. The summed E-state index contributed by atoms with van der Waals surface area (Å²) in [6, 6.07) is 4.19. The minimum atomic E-state index is -4.64. The molecule has 3 rings (SSSR count). The number of alkyl halides is 6. The predicted octanol–water partition coefficient (Wildman–Crippen LogP) is 3.20. The minimum absolute atomic E-state index is 0.0235. The van der Waals surface area contributed by atoms with Crippen LogP contribution >= 0.6 is 0 Å². The van der Waals surface area contributed by atoms with Crippen LogP contribution in [0.25, 0.3) is 0 Å². The monoisotopic (exact) mass is 451 g/mol. The van der Waals surface area contributed by atoms with Gasteiger partial charge in [-0.3, -0.25) is 0 Å². The lowest BCUT2D eigenvalue weighted by molar-refractivity contribution is -0.154. The number of hydrogen-bond donors (Lipinski definition) is 3. The van der Waals surface area contributed by atoms with Gasteiger partial charge in [0.2, 0.25) is 0 Å². The first-order chi connectivity index (χ1) is 14.4. The van der Waals surface area contributed by atoms with Gasteiger partial charge in [-0.1, -0.05) is 18.2 Å². The van der Waals surface area contributed by atoms with Gasteiger partial charge in [0, 0.05) is 19.6 Å². The summed E-state index contributed by atoms with van der Waals surface area (Å²) in [7, 11) is 0. The predicted molar refractivity (Wildman–Crippen MR) is 99.6 cm³/mol. The number of benzene rings is 1. The third kappa shape index (κ3) is 5.81. The lowest BCUT2D eigenvalue weighted by Gasteiger charge is -2.21. The molecule has 2 aromatic rings. The van der Waals surface area contributed by atoms with Gasteiger partial charge >= 0.3 is 18.4 Å². The van der Waals surface area contributed by atoms with E-state index in [4.69, 9.17) is 5.73 Å². The summed E-state index contributed by atoms with van der Waals surface area (Å²) in [5.74, 6) is -0.157. The maximum Gasteiger partial charge on any atom is 0.422 e. The Bertz CT molecular complexity index is 921. The van der Waals surface area contributed by atoms with Crippen LogP contribution in [0, 0.1) is 0 Å². The van der Waals surface area contributed by atoms with Crippen LogP contribution in [0.4, 0.5) is 43.7 Å². The Morgan fingerprint density at radius 1 is 1.16 bits per heavy atom. The second kappa shape index (κ2) is 8.65. The number of nitrogens with zero attached hydrogens (tertiary/aromatic N) is 3. The number of ether oxygens (including phenoxy) is 1. The largest absolute Gasteiger partial charge is 0.454 e. The molecule has 1 fully saturated rings. The number of β-amino-alcohol motifs (C(OH)–C–C–N with tert-alkyl or cyclic N) is 1. The van der Waals surface area contributed by atoms with Gasteiger partial charge in [0.05, 0.1) is 11.7 Å². The molecule has 0 spiro atoms. The van der Waals surface area contributed by atoms with Crippen LogP contribution in [0.3, 0.4) is 0 Å². The molecular weight excluding hydrogens is 432 g/mol. The number of aromatic nitrogens is 2. The molecule has 4 N–H and O–H groups in total. The van der Waals surface area contributed by atoms with E-state index < -0.39 is 36.6 Å². The lowest BCUT2D eigenvalue weighted by atomic mass is 10.1. The van der Waals surface area contributed by atoms with Gasteiger partial charge in [-0.15, -0.1) is 0 Å². The van der Waals surface area contributed by atoms with Crippen LogP contribution in [0.2, 0.25) is 0 Å². The number of hydrogen-bond acceptors (Lipinski definition) is 7. The highest BCUT2D eigenvalue weighted by Gasteiger charge is 2.33. The number of nitrogens with one attached hydrogen (secondary N) is 1. The fraction of sp³-hybridized carbons (Fsp3) is 0.444. The Hall–Kier alpha value is -2.96. The van der Waals surface area contributed by atoms with E-state index in [0.29, 0.717) is 13.0 Å². The molecule has 13 heteroatoms. The van der Waals surface area contributed by atoms with Crippen molar-refractivity contribution in [2.75, 3.05) is 35.6 Å². The van der Waals surface area contributed by atoms with Crippen molar-refractivity contribution in [1.29, 1.82) is 0 Å². The normalized spacial score (nSPS) is 17.1. The number of aliphatic hydroxyl groups is 1. The summed E-state index contributed by atoms with van der Waals surface area (Å²) in [4.78, 5) is 9.23. The number of rotatable bonds is 6. The van der Waals surface area contributed by atoms with Crippen molar-refractivity contribution in [3.63, 3.8) is 0 Å². The first kappa shape index (κ1) is 22.7. The van der Waals surface area contributed by atoms with Gasteiger partial charge in [0.1, 0.15) is 5.69 Å². The number of nitrogens with two attached hydrogens (primary N) is 1. The van der Waals surface area contributed by atoms with Gasteiger partial charge < -0.3 is 25.8 Å². The molecule has 0 saturated carbocycles. The van der Waals surface area contributed by atoms with Crippen molar-refractivity contribution >= 4 is 17.3 Å². The molecule has 2 heterocycles. The molecule has 0 aliphatic carbocycles. The zero-order valence-corrected chi connectivity index (χ0v) is 16.0. The number of anilines is 3. The number of halogens is 6. The zero-order valence-electron chi connectivity index (χ0n) is 16.0. The Morgan fingerprint density at radius 3 is 2.48 bits per heavy atom. The van der Waals surface area contributed by atoms with Crippen molar-refractivity contribution in [3.05, 3.63) is 35.4 Å². The third-order valence-electron chi connectivity index (χ3n) is 4.50. The maximum absolute atomic E-state index is 13.2. The van der Waals surface area contributed by atoms with Crippen LogP contribution < -0.4 is 20.7 Å². The summed E-state index contributed by atoms with van der Waals surface area (Å²) in [5, 5.41) is 12.4. The van der Waals surface area contributed by atoms with E-state index in [1.54, 1.807) is 0 Å². The molecule has 1 atom stereocenters. The molecular formula is C18H19F6N5O2. The SMILES string of the molecule is Nc1c(NCc2ccccc2C(F)(F)F)nc(OCC(F)(F)F)nc1N1CCC(O)C1. The Labute approximate surface area is 172 Å². The average molecular weight is 451 g/mol. The first-order valence-electron chi connectivity index (χ1n) is 9.13. The quantitative estimate of drug-likeness (QED) is 0.581. The first-order valence-corrected chi connectivity index (χ1v) is 9.13. The highest BCUT2D eigenvalue weighted by molar-refractivity contribution is 5.76. The van der Waals surface area contributed by atoms with Crippen LogP contribution in [0.5, 0.6) is 6.01 Å². The summed E-state index contributed by atoms with van der Waals surface area (Å²) in [6.07, 6.45) is -9.52. The second-order valence-electron chi connectivity index (χ2n) is 6.89. The molecule has 7 nitrogen and oxygen atoms in total. The molecule has 1 aliphatic heterocycles. The van der Waals surface area contributed by atoms with E-state index in [1.807, 2.05) is 0 Å². The molecule has 1 aromatic heterocycles. The summed E-state index contributed by atoms with van der Waals surface area (Å²) >= 11 is 0. The molecule has 1 aliphatic rings. The summed E-state index contributed by atoms with van der Waals surface area (Å²) < 4.78 is 81.8. The van der Waals surface area contributed by atoms with Crippen LogP contribution in [0.1, 0.15) is 17.5 Å². The molecule has 1 saturated heterocycles. The minimum Gasteiger partial charge on any atom is -0.454 e. The Morgan fingerprint density at radius 2 is 1.87 bits per heavy atom. The van der Waals surface area contributed by atoms with Crippen molar-refractivity contribution in [1.82, 2.24) is 9.97 Å². The van der Waals surface area contributed by atoms with Crippen molar-refractivity contribution < 1.29 is 36.2 Å². The molecule has 1 unspecified atom stereocenters. The van der Waals surface area contributed by atoms with E-state index in [-0.39, 0.29) is 36.0 Å². The fourth-order valence-corrected chi connectivity index (χ4v) is 3.09. The van der Waals surface area contributed by atoms with Crippen molar-refractivity contribution in [2.45, 2.75) is 31.4 Å². The van der Waals surface area contributed by atoms with Crippen molar-refractivity contribution in [2.24, 2.45) is 0 Å². The standard InChI is InChI=1S/C18H19F6N5O2/c19-17(20,21)9-31-16-27-14(13(25)15(28-16)29-6-5-11(30)8-29)26-7-10-3-1-2-4-12(10)18(22,23)24/h1-4,11,30H,5-9,25H2,(H,26,27,28). The van der Waals surface area contributed by atoms with Gasteiger partial charge in [0.25, 0.3) is 0 Å². The molecule has 0 bridgehead atoms. The van der Waals surface area contributed by atoms with Crippen molar-refractivity contribution in [3.8, 4) is 6.01 Å². The van der Waals surface area contributed by atoms with Gasteiger partial charge in [-0.25, -0.2) is 0 Å². The van der Waals surface area contributed by atoms with Crippen LogP contribution in [-0.4, -0.2) is 47.1 Å². The Balaban J connectivity index is 1.90. The van der Waals surface area contributed by atoms with Gasteiger partial charge in [-0.05, 0) is 18.1 Å². The van der Waals surface area contributed by atoms with E-state index in [0.717, 1.165) is 6.07 Å². The van der Waals surface area contributed by atoms with E-state index in [9.17, 15) is 31.4 Å². The molecule has 31 heavy (non-hydrogen) atoms. The smallest absolute Gasteiger partial charge is 0.422 e. The number of aliphatic hydroxyl groups excluding tert-OH is 1.